The predicted molar refractivity (Wildman–Crippen MR) is 51.9 cm³/mol. The van der Waals surface area contributed by atoms with Gasteiger partial charge in [-0.1, -0.05) is 27.5 Å². The molecule has 0 bridgehead atoms. The number of nitrogens with one attached hydrogen (secondary N) is 1. The molecule has 0 aliphatic carbocycles. The zero-order valence-electron chi connectivity index (χ0n) is 5.77. The molecule has 2 nitrogen and oxygen atoms in total. The molecule has 0 aliphatic rings. The first-order chi connectivity index (χ1) is 5.27. The summed E-state index contributed by atoms with van der Waals surface area (Å²) in [6.07, 6.45) is 0. The number of anilines is 1. The summed E-state index contributed by atoms with van der Waals surface area (Å²) < 4.78 is 0. The third kappa shape index (κ3) is 2.09. The zero-order chi connectivity index (χ0) is 8.27. The van der Waals surface area contributed by atoms with Crippen LogP contribution in [0.25, 0.3) is 0 Å². The number of benzene rings is 1. The van der Waals surface area contributed by atoms with Gasteiger partial charge in [-0.3, -0.25) is 5.84 Å². The molecule has 0 unspecified atom stereocenters. The SMILES string of the molecule is NNc1ccc(Cl)cc1CBr. The van der Waals surface area contributed by atoms with Gasteiger partial charge < -0.3 is 5.43 Å². The van der Waals surface area contributed by atoms with Crippen LogP contribution in [0.3, 0.4) is 0 Å². The number of hydrogen-bond donors (Lipinski definition) is 2. The molecule has 0 amide bonds. The quantitative estimate of drug-likeness (QED) is 0.470. The molecule has 0 atom stereocenters. The lowest BCUT2D eigenvalue weighted by atomic mass is 10.2. The normalized spacial score (nSPS) is 9.73. The molecule has 0 radical (unpaired) electrons. The Bertz CT molecular complexity index is 252. The molecule has 1 aromatic carbocycles. The van der Waals surface area contributed by atoms with Crippen LogP contribution in [0.5, 0.6) is 0 Å². The van der Waals surface area contributed by atoms with E-state index in [1.807, 2.05) is 12.1 Å². The highest BCUT2D eigenvalue weighted by molar-refractivity contribution is 9.08. The Morgan fingerprint density at radius 3 is 2.82 bits per heavy atom. The lowest BCUT2D eigenvalue weighted by Gasteiger charge is -2.05. The van der Waals surface area contributed by atoms with E-state index >= 15 is 0 Å². The fraction of sp³-hybridized carbons (Fsp3) is 0.143. The first-order valence-electron chi connectivity index (χ1n) is 3.09. The lowest BCUT2D eigenvalue weighted by Crippen LogP contribution is -2.08. The number of hydrazine groups is 1. The Morgan fingerprint density at radius 1 is 1.55 bits per heavy atom. The molecule has 60 valence electrons. The maximum atomic E-state index is 5.76. The van der Waals surface area contributed by atoms with Crippen LogP contribution in [0, 0.1) is 0 Å². The van der Waals surface area contributed by atoms with Crippen molar-refractivity contribution in [3.63, 3.8) is 0 Å². The van der Waals surface area contributed by atoms with Crippen molar-refractivity contribution in [1.82, 2.24) is 0 Å². The third-order valence-corrected chi connectivity index (χ3v) is 2.21. The summed E-state index contributed by atoms with van der Waals surface area (Å²) in [6, 6.07) is 5.51. The van der Waals surface area contributed by atoms with Crippen molar-refractivity contribution >= 4 is 33.2 Å². The van der Waals surface area contributed by atoms with Gasteiger partial charge in [0.15, 0.2) is 0 Å². The third-order valence-electron chi connectivity index (χ3n) is 1.37. The van der Waals surface area contributed by atoms with Gasteiger partial charge in [-0.05, 0) is 23.8 Å². The molecule has 0 saturated carbocycles. The lowest BCUT2D eigenvalue weighted by molar-refractivity contribution is 1.30. The molecule has 0 spiro atoms. The molecular formula is C7H8BrClN2. The van der Waals surface area contributed by atoms with Gasteiger partial charge in [-0.25, -0.2) is 0 Å². The number of nitrogen functional groups attached to an aromatic ring is 1. The minimum Gasteiger partial charge on any atom is -0.324 e. The van der Waals surface area contributed by atoms with Crippen LogP contribution >= 0.6 is 27.5 Å². The highest BCUT2D eigenvalue weighted by Gasteiger charge is 1.99. The zero-order valence-corrected chi connectivity index (χ0v) is 8.11. The molecular weight excluding hydrogens is 227 g/mol. The number of hydrogen-bond acceptors (Lipinski definition) is 2. The van der Waals surface area contributed by atoms with Crippen LogP contribution in [0.2, 0.25) is 5.02 Å². The first kappa shape index (κ1) is 8.84. The topological polar surface area (TPSA) is 38.0 Å². The Kier molecular flexibility index (Phi) is 3.17. The Balaban J connectivity index is 3.06. The van der Waals surface area contributed by atoms with E-state index in [0.29, 0.717) is 0 Å². The van der Waals surface area contributed by atoms with Crippen molar-refractivity contribution in [2.24, 2.45) is 5.84 Å². The van der Waals surface area contributed by atoms with E-state index in [2.05, 4.69) is 21.4 Å². The van der Waals surface area contributed by atoms with E-state index in [0.717, 1.165) is 21.6 Å². The molecule has 0 fully saturated rings. The average Bonchev–Trinajstić information content (AvgIpc) is 2.04. The van der Waals surface area contributed by atoms with Gasteiger partial charge in [0.25, 0.3) is 0 Å². The van der Waals surface area contributed by atoms with Gasteiger partial charge in [0.05, 0.1) is 5.69 Å². The number of rotatable bonds is 2. The van der Waals surface area contributed by atoms with Crippen LogP contribution < -0.4 is 11.3 Å². The minimum atomic E-state index is 0.721. The fourth-order valence-electron chi connectivity index (χ4n) is 0.814. The standard InChI is InChI=1S/C7H8BrClN2/c8-4-5-3-6(9)1-2-7(5)11-10/h1-3,11H,4,10H2. The van der Waals surface area contributed by atoms with E-state index in [1.165, 1.54) is 0 Å². The van der Waals surface area contributed by atoms with E-state index in [1.54, 1.807) is 6.07 Å². The number of alkyl halides is 1. The van der Waals surface area contributed by atoms with E-state index in [9.17, 15) is 0 Å². The highest BCUT2D eigenvalue weighted by atomic mass is 79.9. The van der Waals surface area contributed by atoms with Crippen molar-refractivity contribution in [2.45, 2.75) is 5.33 Å². The van der Waals surface area contributed by atoms with Gasteiger partial charge in [0.1, 0.15) is 0 Å². The summed E-state index contributed by atoms with van der Waals surface area (Å²) in [5.74, 6) is 5.26. The Hall–Kier alpha value is -0.250. The number of nitrogens with two attached hydrogens (primary N) is 1. The van der Waals surface area contributed by atoms with Crippen LogP contribution in [-0.2, 0) is 5.33 Å². The second kappa shape index (κ2) is 3.95. The van der Waals surface area contributed by atoms with Crippen LogP contribution in [0.15, 0.2) is 18.2 Å². The summed E-state index contributed by atoms with van der Waals surface area (Å²) in [6.45, 7) is 0. The molecule has 3 N–H and O–H groups in total. The van der Waals surface area contributed by atoms with Gasteiger partial charge in [-0.2, -0.15) is 0 Å². The maximum absolute atomic E-state index is 5.76. The first-order valence-corrected chi connectivity index (χ1v) is 4.59. The monoisotopic (exact) mass is 234 g/mol. The summed E-state index contributed by atoms with van der Waals surface area (Å²) in [5, 5.41) is 1.46. The van der Waals surface area contributed by atoms with Gasteiger partial charge in [0, 0.05) is 10.4 Å². The molecule has 1 rings (SSSR count). The largest absolute Gasteiger partial charge is 0.324 e. The molecule has 0 saturated heterocycles. The molecule has 11 heavy (non-hydrogen) atoms. The summed E-state index contributed by atoms with van der Waals surface area (Å²) >= 11 is 9.09. The Morgan fingerprint density at radius 2 is 2.27 bits per heavy atom. The van der Waals surface area contributed by atoms with E-state index in [-0.39, 0.29) is 0 Å². The van der Waals surface area contributed by atoms with Crippen molar-refractivity contribution in [2.75, 3.05) is 5.43 Å². The smallest absolute Gasteiger partial charge is 0.0526 e. The minimum absolute atomic E-state index is 0.721. The summed E-state index contributed by atoms with van der Waals surface area (Å²) in [4.78, 5) is 0. The average molecular weight is 236 g/mol. The van der Waals surface area contributed by atoms with Crippen molar-refractivity contribution < 1.29 is 0 Å². The van der Waals surface area contributed by atoms with Gasteiger partial charge in [-0.15, -0.1) is 0 Å². The molecule has 4 heteroatoms. The fourth-order valence-corrected chi connectivity index (χ4v) is 1.47. The second-order valence-electron chi connectivity index (χ2n) is 2.08. The van der Waals surface area contributed by atoms with Gasteiger partial charge in [0.2, 0.25) is 0 Å². The summed E-state index contributed by atoms with van der Waals surface area (Å²) in [7, 11) is 0. The molecule has 0 aromatic heterocycles. The van der Waals surface area contributed by atoms with E-state index in [4.69, 9.17) is 17.4 Å². The number of halogens is 2. The Labute approximate surface area is 78.8 Å². The second-order valence-corrected chi connectivity index (χ2v) is 3.08. The molecule has 0 aliphatic heterocycles. The molecule has 0 heterocycles. The van der Waals surface area contributed by atoms with Crippen LogP contribution in [0.4, 0.5) is 5.69 Å². The van der Waals surface area contributed by atoms with Crippen molar-refractivity contribution in [3.05, 3.63) is 28.8 Å². The van der Waals surface area contributed by atoms with Crippen LogP contribution in [-0.4, -0.2) is 0 Å². The van der Waals surface area contributed by atoms with E-state index < -0.39 is 0 Å². The predicted octanol–water partition coefficient (Wildman–Crippen LogP) is 2.52. The highest BCUT2D eigenvalue weighted by Crippen LogP contribution is 2.21. The van der Waals surface area contributed by atoms with Gasteiger partial charge >= 0.3 is 0 Å². The van der Waals surface area contributed by atoms with Crippen LogP contribution in [0.1, 0.15) is 5.56 Å². The van der Waals surface area contributed by atoms with Crippen molar-refractivity contribution in [3.8, 4) is 0 Å². The summed E-state index contributed by atoms with van der Waals surface area (Å²) in [5.41, 5.74) is 4.54. The molecule has 1 aromatic rings. The maximum Gasteiger partial charge on any atom is 0.0526 e. The van der Waals surface area contributed by atoms with Crippen molar-refractivity contribution in [1.29, 1.82) is 0 Å².